The molecule has 5 aromatic carbocycles. The first-order valence-electron chi connectivity index (χ1n) is 21.5. The Balaban J connectivity index is 0.935. The molecule has 4 aliphatic rings. The summed E-state index contributed by atoms with van der Waals surface area (Å²) < 4.78 is 2.76. The summed E-state index contributed by atoms with van der Waals surface area (Å²) in [7, 11) is 0. The average Bonchev–Trinajstić information content (AvgIpc) is 3.84. The maximum atomic E-state index is 5.35. The molecule has 2 aromatic heterocycles. The highest BCUT2D eigenvalue weighted by Gasteiger charge is 2.39. The van der Waals surface area contributed by atoms with Crippen LogP contribution >= 0.6 is 11.3 Å². The number of pyridine rings is 1. The van der Waals surface area contributed by atoms with E-state index in [1.807, 2.05) is 11.3 Å². The first-order valence-corrected chi connectivity index (χ1v) is 22.3. The Bertz CT molecular complexity index is 3020. The normalized spacial score (nSPS) is 19.4. The molecule has 3 heteroatoms. The van der Waals surface area contributed by atoms with Crippen molar-refractivity contribution in [1.82, 2.24) is 4.98 Å². The largest absolute Gasteiger partial charge is 0.357 e. The zero-order valence-corrected chi connectivity index (χ0v) is 35.3. The van der Waals surface area contributed by atoms with Crippen LogP contribution in [0.1, 0.15) is 68.2 Å². The summed E-state index contributed by atoms with van der Waals surface area (Å²) in [6, 6.07) is 45.6. The molecule has 3 atom stereocenters. The molecule has 0 saturated carbocycles. The number of benzene rings is 5. The van der Waals surface area contributed by atoms with Crippen LogP contribution < -0.4 is 4.90 Å². The van der Waals surface area contributed by atoms with Gasteiger partial charge in [0.1, 0.15) is 0 Å². The molecule has 292 valence electrons. The predicted molar refractivity (Wildman–Crippen MR) is 258 cm³/mol. The van der Waals surface area contributed by atoms with Gasteiger partial charge in [0.25, 0.3) is 0 Å². The van der Waals surface area contributed by atoms with Gasteiger partial charge in [-0.25, -0.2) is 4.98 Å². The second-order valence-electron chi connectivity index (χ2n) is 17.7. The van der Waals surface area contributed by atoms with E-state index in [0.29, 0.717) is 5.92 Å². The van der Waals surface area contributed by atoms with Crippen molar-refractivity contribution >= 4 is 48.3 Å². The maximum absolute atomic E-state index is 5.35. The van der Waals surface area contributed by atoms with Gasteiger partial charge in [-0.15, -0.1) is 11.3 Å². The van der Waals surface area contributed by atoms with E-state index in [-0.39, 0.29) is 17.5 Å². The van der Waals surface area contributed by atoms with Crippen LogP contribution in [-0.2, 0) is 5.41 Å². The van der Waals surface area contributed by atoms with Crippen LogP contribution in [0.15, 0.2) is 182 Å². The zero-order valence-electron chi connectivity index (χ0n) is 34.5. The summed E-state index contributed by atoms with van der Waals surface area (Å²) in [6.07, 6.45) is 26.4. The van der Waals surface area contributed by atoms with Gasteiger partial charge >= 0.3 is 0 Å². The van der Waals surface area contributed by atoms with Crippen molar-refractivity contribution in [3.05, 3.63) is 204 Å². The van der Waals surface area contributed by atoms with Gasteiger partial charge in [0.15, 0.2) is 0 Å². The molecular weight excluding hydrogens is 745 g/mol. The first kappa shape index (κ1) is 36.8. The quantitative estimate of drug-likeness (QED) is 0.167. The molecular formula is C57H48N2S. The van der Waals surface area contributed by atoms with Crippen molar-refractivity contribution in [3.8, 4) is 33.6 Å². The van der Waals surface area contributed by atoms with E-state index >= 15 is 0 Å². The van der Waals surface area contributed by atoms with E-state index in [2.05, 4.69) is 208 Å². The fourth-order valence-electron chi connectivity index (χ4n) is 9.85. The number of allylic oxidation sites excluding steroid dienone is 8. The molecule has 0 radical (unpaired) electrons. The molecule has 3 unspecified atom stereocenters. The third kappa shape index (κ3) is 6.44. The van der Waals surface area contributed by atoms with Gasteiger partial charge in [-0.3, -0.25) is 0 Å². The lowest BCUT2D eigenvalue weighted by molar-refractivity contribution is 0.591. The van der Waals surface area contributed by atoms with Crippen molar-refractivity contribution in [2.24, 2.45) is 0 Å². The molecule has 11 rings (SSSR count). The Morgan fingerprint density at radius 1 is 0.667 bits per heavy atom. The number of nitrogens with zero attached hydrogens (tertiary/aromatic N) is 2. The van der Waals surface area contributed by atoms with E-state index in [1.54, 1.807) is 0 Å². The second-order valence-corrected chi connectivity index (χ2v) is 18.8. The number of aromatic nitrogens is 1. The first-order chi connectivity index (χ1) is 29.4. The van der Waals surface area contributed by atoms with Crippen LogP contribution in [0.4, 0.5) is 5.69 Å². The van der Waals surface area contributed by atoms with Gasteiger partial charge in [-0.1, -0.05) is 173 Å². The smallest absolute Gasteiger partial charge is 0.0721 e. The van der Waals surface area contributed by atoms with Gasteiger partial charge in [0.05, 0.1) is 23.5 Å². The number of fused-ring (bicyclic) bond motifs is 6. The van der Waals surface area contributed by atoms with Crippen LogP contribution in [0.3, 0.4) is 0 Å². The summed E-state index contributed by atoms with van der Waals surface area (Å²) >= 11 is 1.94. The highest BCUT2D eigenvalue weighted by Crippen LogP contribution is 2.49. The lowest BCUT2D eigenvalue weighted by atomic mass is 9.87. The summed E-state index contributed by atoms with van der Waals surface area (Å²) in [5.74, 6) is 0.290. The molecule has 0 saturated heterocycles. The van der Waals surface area contributed by atoms with Gasteiger partial charge in [-0.2, -0.15) is 0 Å². The third-order valence-electron chi connectivity index (χ3n) is 13.0. The summed E-state index contributed by atoms with van der Waals surface area (Å²) in [6.45, 7) is 6.90. The standard InChI is InChI=1S/C57H48N2S/c1-57(2,3)42-28-31-48-49-23-14-22-45(56(49)60-55(48)36-42)38-25-29-43(30-26-38)59-53-24-13-12-21-47(53)50-33-40(27-32-54(50)59)44-19-10-11-20-46(44)52-35-41(37-15-6-4-7-16-37)34-51(58-52)39-17-8-5-9-18-39/h4-6,8-15,17-29,31-36,43,47,53H,7,16,30H2,1-3H3. The Hall–Kier alpha value is -6.29. The lowest BCUT2D eigenvalue weighted by Crippen LogP contribution is -2.40. The lowest BCUT2D eigenvalue weighted by Gasteiger charge is -2.35. The molecule has 2 nitrogen and oxygen atoms in total. The topological polar surface area (TPSA) is 16.1 Å². The minimum absolute atomic E-state index is 0.126. The highest BCUT2D eigenvalue weighted by atomic mass is 32.1. The van der Waals surface area contributed by atoms with Crippen molar-refractivity contribution < 1.29 is 0 Å². The molecule has 3 heterocycles. The highest BCUT2D eigenvalue weighted by molar-refractivity contribution is 7.26. The summed E-state index contributed by atoms with van der Waals surface area (Å²) in [5, 5.41) is 2.72. The minimum Gasteiger partial charge on any atom is -0.357 e. The van der Waals surface area contributed by atoms with Crippen molar-refractivity contribution in [3.63, 3.8) is 0 Å². The Labute approximate surface area is 358 Å². The van der Waals surface area contributed by atoms with Crippen molar-refractivity contribution in [2.45, 2.75) is 63.5 Å². The SMILES string of the molecule is CC(C)(C)c1ccc2c(c1)sc1c(C3=CCC(N4c5ccc(-c6ccccc6-c6cc(C7=CC=CCC7)cc(-c7ccccc7)n6)cc5C5C=CC=CC54)C=C3)cccc12. The molecule has 60 heavy (non-hydrogen) atoms. The van der Waals surface area contributed by atoms with Gasteiger partial charge in [-0.05, 0) is 99.5 Å². The van der Waals surface area contributed by atoms with Crippen LogP contribution in [0, 0.1) is 0 Å². The van der Waals surface area contributed by atoms with E-state index in [0.717, 1.165) is 41.8 Å². The van der Waals surface area contributed by atoms with Gasteiger partial charge in [0.2, 0.25) is 0 Å². The molecule has 0 amide bonds. The fourth-order valence-corrected chi connectivity index (χ4v) is 11.1. The Morgan fingerprint density at radius 2 is 1.48 bits per heavy atom. The molecule has 0 fully saturated rings. The average molecular weight is 793 g/mol. The number of hydrogen-bond donors (Lipinski definition) is 0. The number of rotatable bonds is 6. The number of thiophene rings is 1. The molecule has 1 aliphatic heterocycles. The van der Waals surface area contributed by atoms with Crippen LogP contribution in [0.2, 0.25) is 0 Å². The van der Waals surface area contributed by atoms with Crippen molar-refractivity contribution in [1.29, 1.82) is 0 Å². The fraction of sp³-hybridized carbons (Fsp3) is 0.175. The Morgan fingerprint density at radius 3 is 2.30 bits per heavy atom. The van der Waals surface area contributed by atoms with Crippen LogP contribution in [0.5, 0.6) is 0 Å². The zero-order chi connectivity index (χ0) is 40.4. The monoisotopic (exact) mass is 792 g/mol. The van der Waals surface area contributed by atoms with Crippen molar-refractivity contribution in [2.75, 3.05) is 4.90 Å². The molecule has 0 N–H and O–H groups in total. The molecule has 0 bridgehead atoms. The number of hydrogen-bond acceptors (Lipinski definition) is 3. The van der Waals surface area contributed by atoms with Gasteiger partial charge < -0.3 is 4.90 Å². The summed E-state index contributed by atoms with van der Waals surface area (Å²) in [4.78, 5) is 8.03. The molecule has 3 aliphatic carbocycles. The maximum Gasteiger partial charge on any atom is 0.0721 e. The predicted octanol–water partition coefficient (Wildman–Crippen LogP) is 15.3. The van der Waals surface area contributed by atoms with E-state index in [9.17, 15) is 0 Å². The molecule has 0 spiro atoms. The van der Waals surface area contributed by atoms with E-state index < -0.39 is 0 Å². The van der Waals surface area contributed by atoms with Gasteiger partial charge in [0, 0.05) is 42.9 Å². The second kappa shape index (κ2) is 14.8. The third-order valence-corrected chi connectivity index (χ3v) is 14.2. The minimum atomic E-state index is 0.126. The Kier molecular flexibility index (Phi) is 9.05. The number of anilines is 1. The summed E-state index contributed by atoms with van der Waals surface area (Å²) in [5.41, 5.74) is 16.3. The van der Waals surface area contributed by atoms with E-state index in [4.69, 9.17) is 4.98 Å². The van der Waals surface area contributed by atoms with E-state index in [1.165, 1.54) is 70.4 Å². The van der Waals surface area contributed by atoms with Crippen LogP contribution in [-0.4, -0.2) is 17.1 Å². The molecule has 7 aromatic rings. The van der Waals surface area contributed by atoms with Crippen LogP contribution in [0.25, 0.3) is 65.0 Å².